The molecular formula is C81H56N4. The van der Waals surface area contributed by atoms with Gasteiger partial charge in [0.25, 0.3) is 0 Å². The third kappa shape index (κ3) is 7.69. The Morgan fingerprint density at radius 1 is 0.235 bits per heavy atom. The molecule has 400 valence electrons. The van der Waals surface area contributed by atoms with E-state index in [0.29, 0.717) is 0 Å². The Kier molecular flexibility index (Phi) is 10.9. The van der Waals surface area contributed by atoms with Crippen molar-refractivity contribution in [1.29, 1.82) is 0 Å². The summed E-state index contributed by atoms with van der Waals surface area (Å²) in [6, 6.07) is 112. The highest BCUT2D eigenvalue weighted by molar-refractivity contribution is 6.13. The minimum Gasteiger partial charge on any atom is -0.310 e. The Labute approximate surface area is 493 Å². The molecule has 0 aliphatic heterocycles. The highest BCUT2D eigenvalue weighted by Gasteiger charge is 2.36. The van der Waals surface area contributed by atoms with E-state index in [1.807, 2.05) is 0 Å². The molecule has 0 unspecified atom stereocenters. The van der Waals surface area contributed by atoms with Crippen LogP contribution >= 0.6 is 0 Å². The van der Waals surface area contributed by atoms with E-state index in [0.717, 1.165) is 39.7 Å². The van der Waals surface area contributed by atoms with E-state index in [9.17, 15) is 0 Å². The molecule has 0 spiro atoms. The van der Waals surface area contributed by atoms with Gasteiger partial charge in [0.15, 0.2) is 0 Å². The van der Waals surface area contributed by atoms with Crippen LogP contribution in [-0.4, -0.2) is 13.7 Å². The van der Waals surface area contributed by atoms with Gasteiger partial charge < -0.3 is 18.6 Å². The van der Waals surface area contributed by atoms with Gasteiger partial charge in [-0.2, -0.15) is 0 Å². The van der Waals surface area contributed by atoms with Crippen molar-refractivity contribution in [2.75, 3.05) is 4.90 Å². The number of hydrogen-bond acceptors (Lipinski definition) is 1. The van der Waals surface area contributed by atoms with Gasteiger partial charge in [-0.3, -0.25) is 0 Å². The second-order valence-corrected chi connectivity index (χ2v) is 23.3. The van der Waals surface area contributed by atoms with E-state index in [-0.39, 0.29) is 5.41 Å². The third-order valence-electron chi connectivity index (χ3n) is 18.2. The maximum absolute atomic E-state index is 2.45. The Morgan fingerprint density at radius 2 is 0.565 bits per heavy atom. The van der Waals surface area contributed by atoms with Crippen molar-refractivity contribution < 1.29 is 0 Å². The van der Waals surface area contributed by atoms with Crippen LogP contribution in [0, 0.1) is 0 Å². The van der Waals surface area contributed by atoms with Gasteiger partial charge >= 0.3 is 0 Å². The van der Waals surface area contributed by atoms with Crippen molar-refractivity contribution >= 4 is 82.5 Å². The van der Waals surface area contributed by atoms with Crippen LogP contribution in [-0.2, 0) is 5.41 Å². The van der Waals surface area contributed by atoms with Crippen LogP contribution in [0.1, 0.15) is 25.0 Å². The third-order valence-corrected chi connectivity index (χ3v) is 18.2. The van der Waals surface area contributed by atoms with Crippen LogP contribution < -0.4 is 4.90 Å². The van der Waals surface area contributed by atoms with Crippen molar-refractivity contribution in [3.05, 3.63) is 314 Å². The molecule has 3 heterocycles. The Balaban J connectivity index is 0.762. The molecule has 0 bridgehead atoms. The fourth-order valence-electron chi connectivity index (χ4n) is 14.1. The fourth-order valence-corrected chi connectivity index (χ4v) is 14.1. The lowest BCUT2D eigenvalue weighted by molar-refractivity contribution is 0.660. The van der Waals surface area contributed by atoms with Crippen LogP contribution in [0.2, 0.25) is 0 Å². The molecule has 4 nitrogen and oxygen atoms in total. The predicted molar refractivity (Wildman–Crippen MR) is 358 cm³/mol. The first-order valence-corrected chi connectivity index (χ1v) is 29.5. The topological polar surface area (TPSA) is 18.0 Å². The first-order chi connectivity index (χ1) is 41.9. The van der Waals surface area contributed by atoms with Gasteiger partial charge in [-0.25, -0.2) is 0 Å². The number of fused-ring (bicyclic) bond motifs is 12. The summed E-state index contributed by atoms with van der Waals surface area (Å²) in [5, 5.41) is 7.51. The maximum Gasteiger partial charge on any atom is 0.0547 e. The quantitative estimate of drug-likeness (QED) is 0.141. The average molecular weight is 1090 g/mol. The number of para-hydroxylation sites is 6. The zero-order valence-electron chi connectivity index (χ0n) is 47.2. The van der Waals surface area contributed by atoms with Crippen LogP contribution in [0.4, 0.5) is 17.1 Å². The highest BCUT2D eigenvalue weighted by atomic mass is 15.1. The van der Waals surface area contributed by atoms with Crippen molar-refractivity contribution in [2.24, 2.45) is 0 Å². The zero-order chi connectivity index (χ0) is 56.3. The molecule has 3 aromatic heterocycles. The number of rotatable bonds is 9. The van der Waals surface area contributed by atoms with Crippen molar-refractivity contribution in [2.45, 2.75) is 19.3 Å². The second kappa shape index (κ2) is 19.1. The number of benzene rings is 13. The first-order valence-electron chi connectivity index (χ1n) is 29.5. The summed E-state index contributed by atoms with van der Waals surface area (Å²) in [6.45, 7) is 4.80. The first kappa shape index (κ1) is 48.7. The minimum atomic E-state index is -0.276. The summed E-state index contributed by atoms with van der Waals surface area (Å²) in [5.41, 5.74) is 26.1. The molecule has 85 heavy (non-hydrogen) atoms. The predicted octanol–water partition coefficient (Wildman–Crippen LogP) is 21.8. The van der Waals surface area contributed by atoms with Gasteiger partial charge in [-0.1, -0.05) is 196 Å². The van der Waals surface area contributed by atoms with Gasteiger partial charge in [0.2, 0.25) is 0 Å². The average Bonchev–Trinajstić information content (AvgIpc) is 3.08. The Hall–Kier alpha value is -10.9. The summed E-state index contributed by atoms with van der Waals surface area (Å²) in [7, 11) is 0. The molecule has 0 N–H and O–H groups in total. The molecule has 16 aromatic rings. The van der Waals surface area contributed by atoms with E-state index >= 15 is 0 Å². The van der Waals surface area contributed by atoms with Crippen molar-refractivity contribution in [3.8, 4) is 61.6 Å². The van der Waals surface area contributed by atoms with Gasteiger partial charge in [-0.05, 0) is 177 Å². The highest BCUT2D eigenvalue weighted by Crippen LogP contribution is 2.52. The molecule has 0 fully saturated rings. The monoisotopic (exact) mass is 1080 g/mol. The SMILES string of the molecule is CC1(C)c2cc(-c3ccc4c5ccccc5n(-c5ccccc5)c4c3)ccc2-c2ccc(N(c3ccc(-c4ccc5c(c4)c4ccccc4n5-c4ccccc4)cc3)c3ccc(-c4ccc5c6ccccc6n(-c6ccccc6)c5c4)cc3)cc21. The molecule has 17 rings (SSSR count). The van der Waals surface area contributed by atoms with Gasteiger partial charge in [0.05, 0.1) is 33.1 Å². The standard InChI is InChI=1S/C81H56N4/c1-81(2)73-49-56(58-36-45-71-68-25-13-16-28-76(68)85(80(71)51-58)61-22-10-5-11-23-61)34-43-65(73)66-46-42-64(52-74(66)81)82(62-38-30-53(31-39-62)55-37-47-78-72(48-55)69-26-14-17-29-77(69)83(78)59-18-6-3-7-19-59)63-40-32-54(33-41-63)57-35-44-70-67-24-12-15-27-75(67)84(79(70)50-57)60-20-8-4-9-21-60/h3-52H,1-2H3. The molecule has 4 heteroatoms. The van der Waals surface area contributed by atoms with Gasteiger partial charge in [-0.15, -0.1) is 0 Å². The van der Waals surface area contributed by atoms with E-state index in [1.165, 1.54) is 115 Å². The molecule has 0 saturated carbocycles. The summed E-state index contributed by atoms with van der Waals surface area (Å²) in [4.78, 5) is 2.44. The molecular weight excluding hydrogens is 1030 g/mol. The smallest absolute Gasteiger partial charge is 0.0547 e. The van der Waals surface area contributed by atoms with Gasteiger partial charge in [0.1, 0.15) is 0 Å². The number of anilines is 3. The molecule has 13 aromatic carbocycles. The molecule has 0 saturated heterocycles. The fraction of sp³-hybridized carbons (Fsp3) is 0.0370. The lowest BCUT2D eigenvalue weighted by Crippen LogP contribution is -2.16. The molecule has 0 radical (unpaired) electrons. The largest absolute Gasteiger partial charge is 0.310 e. The number of aromatic nitrogens is 3. The minimum absolute atomic E-state index is 0.276. The molecule has 1 aliphatic carbocycles. The summed E-state index contributed by atoms with van der Waals surface area (Å²) in [6.07, 6.45) is 0. The van der Waals surface area contributed by atoms with E-state index in [4.69, 9.17) is 0 Å². The second-order valence-electron chi connectivity index (χ2n) is 23.3. The van der Waals surface area contributed by atoms with Crippen LogP contribution in [0.25, 0.3) is 127 Å². The van der Waals surface area contributed by atoms with E-state index in [1.54, 1.807) is 0 Å². The summed E-state index contributed by atoms with van der Waals surface area (Å²) < 4.78 is 7.19. The van der Waals surface area contributed by atoms with Crippen molar-refractivity contribution in [3.63, 3.8) is 0 Å². The van der Waals surface area contributed by atoms with E-state index < -0.39 is 0 Å². The zero-order valence-corrected chi connectivity index (χ0v) is 47.2. The molecule has 0 atom stereocenters. The summed E-state index contributed by atoms with van der Waals surface area (Å²) >= 11 is 0. The lowest BCUT2D eigenvalue weighted by Gasteiger charge is -2.28. The normalized spacial score (nSPS) is 12.7. The summed E-state index contributed by atoms with van der Waals surface area (Å²) in [5.74, 6) is 0. The lowest BCUT2D eigenvalue weighted by atomic mass is 9.81. The van der Waals surface area contributed by atoms with Crippen LogP contribution in [0.3, 0.4) is 0 Å². The molecule has 1 aliphatic rings. The maximum atomic E-state index is 2.45. The van der Waals surface area contributed by atoms with E-state index in [2.05, 4.69) is 336 Å². The van der Waals surface area contributed by atoms with Crippen LogP contribution in [0.5, 0.6) is 0 Å². The van der Waals surface area contributed by atoms with Gasteiger partial charge in [0, 0.05) is 71.9 Å². The Bertz CT molecular complexity index is 5300. The number of nitrogens with zero attached hydrogens (tertiary/aromatic N) is 4. The van der Waals surface area contributed by atoms with Crippen LogP contribution in [0.15, 0.2) is 303 Å². The Morgan fingerprint density at radius 3 is 1.07 bits per heavy atom. The molecule has 0 amide bonds. The number of hydrogen-bond donors (Lipinski definition) is 0. The van der Waals surface area contributed by atoms with Crippen molar-refractivity contribution in [1.82, 2.24) is 13.7 Å².